The quantitative estimate of drug-likeness (QED) is 0.246. The molecule has 0 radical (unpaired) electrons. The number of rotatable bonds is 6. The highest BCUT2D eigenvalue weighted by molar-refractivity contribution is 14.0. The van der Waals surface area contributed by atoms with Crippen LogP contribution in [0, 0.1) is 12.8 Å². The van der Waals surface area contributed by atoms with Crippen LogP contribution in [0.15, 0.2) is 34.2 Å². The lowest BCUT2D eigenvalue weighted by molar-refractivity contribution is 0.329. The van der Waals surface area contributed by atoms with Crippen molar-refractivity contribution >= 4 is 40.0 Å². The van der Waals surface area contributed by atoms with Crippen molar-refractivity contribution in [1.29, 1.82) is 0 Å². The number of guanidine groups is 1. The van der Waals surface area contributed by atoms with Crippen LogP contribution in [0.25, 0.3) is 0 Å². The van der Waals surface area contributed by atoms with Crippen LogP contribution in [-0.4, -0.2) is 40.6 Å². The predicted octanol–water partition coefficient (Wildman–Crippen LogP) is 2.64. The molecular formula is C18H31IN4O2S. The van der Waals surface area contributed by atoms with Crippen molar-refractivity contribution < 1.29 is 8.42 Å². The summed E-state index contributed by atoms with van der Waals surface area (Å²) >= 11 is 0. The molecule has 6 nitrogen and oxygen atoms in total. The maximum absolute atomic E-state index is 12.2. The second-order valence-electron chi connectivity index (χ2n) is 6.81. The van der Waals surface area contributed by atoms with Gasteiger partial charge in [-0.1, -0.05) is 24.6 Å². The molecule has 1 aliphatic carbocycles. The van der Waals surface area contributed by atoms with Crippen LogP contribution in [0.4, 0.5) is 0 Å². The first kappa shape index (κ1) is 23.2. The maximum Gasteiger partial charge on any atom is 0.240 e. The van der Waals surface area contributed by atoms with E-state index in [0.29, 0.717) is 19.1 Å². The first-order valence-corrected chi connectivity index (χ1v) is 10.4. The summed E-state index contributed by atoms with van der Waals surface area (Å²) in [5, 5.41) is 6.60. The molecule has 1 aromatic rings. The zero-order valence-corrected chi connectivity index (χ0v) is 18.9. The first-order valence-electron chi connectivity index (χ1n) is 8.94. The lowest BCUT2D eigenvalue weighted by Gasteiger charge is -2.28. The van der Waals surface area contributed by atoms with Crippen molar-refractivity contribution in [2.24, 2.45) is 10.9 Å². The van der Waals surface area contributed by atoms with Crippen molar-refractivity contribution in [3.05, 3.63) is 29.8 Å². The van der Waals surface area contributed by atoms with E-state index in [1.807, 2.05) is 6.92 Å². The molecule has 1 aliphatic rings. The minimum atomic E-state index is -3.47. The Morgan fingerprint density at radius 3 is 2.31 bits per heavy atom. The van der Waals surface area contributed by atoms with Gasteiger partial charge in [0.25, 0.3) is 0 Å². The summed E-state index contributed by atoms with van der Waals surface area (Å²) in [6, 6.07) is 7.28. The minimum absolute atomic E-state index is 0. The van der Waals surface area contributed by atoms with Gasteiger partial charge in [0.15, 0.2) is 5.96 Å². The smallest absolute Gasteiger partial charge is 0.240 e. The molecule has 1 fully saturated rings. The Labute approximate surface area is 174 Å². The highest BCUT2D eigenvalue weighted by atomic mass is 127. The molecule has 0 bridgehead atoms. The molecule has 148 valence electrons. The Morgan fingerprint density at radius 2 is 1.73 bits per heavy atom. The molecular weight excluding hydrogens is 463 g/mol. The normalized spacial score (nSPS) is 21.0. The van der Waals surface area contributed by atoms with Crippen LogP contribution in [-0.2, 0) is 10.0 Å². The van der Waals surface area contributed by atoms with E-state index in [9.17, 15) is 8.42 Å². The third-order valence-electron chi connectivity index (χ3n) is 4.62. The Kier molecular flexibility index (Phi) is 9.88. The number of hydrogen-bond donors (Lipinski definition) is 3. The van der Waals surface area contributed by atoms with Gasteiger partial charge in [0, 0.05) is 26.2 Å². The van der Waals surface area contributed by atoms with Crippen molar-refractivity contribution in [3.63, 3.8) is 0 Å². The number of benzene rings is 1. The molecule has 0 unspecified atom stereocenters. The lowest BCUT2D eigenvalue weighted by Crippen LogP contribution is -2.46. The summed E-state index contributed by atoms with van der Waals surface area (Å²) in [7, 11) is -1.73. The van der Waals surface area contributed by atoms with Crippen LogP contribution in [0.3, 0.4) is 0 Å². The number of aryl methyl sites for hydroxylation is 1. The van der Waals surface area contributed by atoms with Crippen molar-refractivity contribution in [2.75, 3.05) is 20.1 Å². The molecule has 26 heavy (non-hydrogen) atoms. The monoisotopic (exact) mass is 494 g/mol. The zero-order chi connectivity index (χ0) is 18.3. The second-order valence-corrected chi connectivity index (χ2v) is 8.58. The molecule has 2 rings (SSSR count). The number of halogens is 1. The molecule has 0 aliphatic heterocycles. The van der Waals surface area contributed by atoms with Gasteiger partial charge in [0.2, 0.25) is 10.0 Å². The second kappa shape index (κ2) is 11.1. The summed E-state index contributed by atoms with van der Waals surface area (Å²) in [5.74, 6) is 1.54. The summed E-state index contributed by atoms with van der Waals surface area (Å²) in [6.07, 6.45) is 4.79. The largest absolute Gasteiger partial charge is 0.355 e. The van der Waals surface area contributed by atoms with E-state index in [2.05, 4.69) is 27.3 Å². The average molecular weight is 494 g/mol. The third kappa shape index (κ3) is 7.40. The van der Waals surface area contributed by atoms with Gasteiger partial charge >= 0.3 is 0 Å². The standard InChI is InChI=1S/C18H30N4O2S.HI/c1-14-4-8-16(9-5-14)22-18(19-3)20-12-13-21-25(23,24)17-10-6-15(2)7-11-17;/h6-7,10-11,14,16,21H,4-5,8-9,12-13H2,1-3H3,(H2,19,20,22);1H. The summed E-state index contributed by atoms with van der Waals surface area (Å²) in [5.41, 5.74) is 1.03. The van der Waals surface area contributed by atoms with Crippen LogP contribution >= 0.6 is 24.0 Å². The molecule has 0 saturated heterocycles. The van der Waals surface area contributed by atoms with Crippen LogP contribution in [0.2, 0.25) is 0 Å². The maximum atomic E-state index is 12.2. The van der Waals surface area contributed by atoms with E-state index in [-0.39, 0.29) is 28.9 Å². The van der Waals surface area contributed by atoms with Crippen LogP contribution in [0.1, 0.15) is 38.2 Å². The third-order valence-corrected chi connectivity index (χ3v) is 6.10. The fourth-order valence-corrected chi connectivity index (χ4v) is 3.99. The zero-order valence-electron chi connectivity index (χ0n) is 15.8. The molecule has 0 amide bonds. The molecule has 0 aromatic heterocycles. The van der Waals surface area contributed by atoms with E-state index in [1.165, 1.54) is 12.8 Å². The van der Waals surface area contributed by atoms with Crippen molar-refractivity contribution in [2.45, 2.75) is 50.5 Å². The van der Waals surface area contributed by atoms with E-state index < -0.39 is 10.0 Å². The number of aliphatic imine (C=N–C) groups is 1. The molecule has 8 heteroatoms. The van der Waals surface area contributed by atoms with Gasteiger partial charge in [-0.05, 0) is 50.7 Å². The highest BCUT2D eigenvalue weighted by Gasteiger charge is 2.19. The van der Waals surface area contributed by atoms with Crippen molar-refractivity contribution in [3.8, 4) is 0 Å². The van der Waals surface area contributed by atoms with Gasteiger partial charge in [-0.3, -0.25) is 4.99 Å². The first-order chi connectivity index (χ1) is 11.9. The Balaban J connectivity index is 0.00000338. The highest BCUT2D eigenvalue weighted by Crippen LogP contribution is 2.23. The molecule has 3 N–H and O–H groups in total. The molecule has 0 heterocycles. The predicted molar refractivity (Wildman–Crippen MR) is 118 cm³/mol. The van der Waals surface area contributed by atoms with E-state index in [4.69, 9.17) is 0 Å². The van der Waals surface area contributed by atoms with Gasteiger partial charge in [0.1, 0.15) is 0 Å². The van der Waals surface area contributed by atoms with E-state index >= 15 is 0 Å². The molecule has 1 saturated carbocycles. The fraction of sp³-hybridized carbons (Fsp3) is 0.611. The van der Waals surface area contributed by atoms with Gasteiger partial charge in [-0.15, -0.1) is 24.0 Å². The van der Waals surface area contributed by atoms with E-state index in [0.717, 1.165) is 30.3 Å². The summed E-state index contributed by atoms with van der Waals surface area (Å²) in [6.45, 7) is 5.01. The molecule has 0 atom stereocenters. The fourth-order valence-electron chi connectivity index (χ4n) is 2.96. The lowest BCUT2D eigenvalue weighted by atomic mass is 9.87. The summed E-state index contributed by atoms with van der Waals surface area (Å²) < 4.78 is 27.1. The Hall–Kier alpha value is -0.870. The van der Waals surface area contributed by atoms with Crippen molar-refractivity contribution in [1.82, 2.24) is 15.4 Å². The van der Waals surface area contributed by atoms with Gasteiger partial charge in [-0.25, -0.2) is 13.1 Å². The molecule has 0 spiro atoms. The Morgan fingerprint density at radius 1 is 1.12 bits per heavy atom. The average Bonchev–Trinajstić information content (AvgIpc) is 2.59. The topological polar surface area (TPSA) is 82.6 Å². The van der Waals surface area contributed by atoms with E-state index in [1.54, 1.807) is 31.3 Å². The number of nitrogens with one attached hydrogen (secondary N) is 3. The van der Waals surface area contributed by atoms with Gasteiger partial charge < -0.3 is 10.6 Å². The van der Waals surface area contributed by atoms with Crippen LogP contribution in [0.5, 0.6) is 0 Å². The van der Waals surface area contributed by atoms with Gasteiger partial charge in [0.05, 0.1) is 4.90 Å². The molecule has 1 aromatic carbocycles. The minimum Gasteiger partial charge on any atom is -0.355 e. The van der Waals surface area contributed by atoms with Gasteiger partial charge in [-0.2, -0.15) is 0 Å². The number of hydrogen-bond acceptors (Lipinski definition) is 3. The Bertz CT molecular complexity index is 669. The summed E-state index contributed by atoms with van der Waals surface area (Å²) in [4.78, 5) is 4.51. The SMILES string of the molecule is CN=C(NCCNS(=O)(=O)c1ccc(C)cc1)NC1CCC(C)CC1.I. The van der Waals surface area contributed by atoms with Crippen LogP contribution < -0.4 is 15.4 Å². The number of sulfonamides is 1. The number of nitrogens with zero attached hydrogens (tertiary/aromatic N) is 1.